The van der Waals surface area contributed by atoms with Crippen molar-refractivity contribution in [3.63, 3.8) is 0 Å². The van der Waals surface area contributed by atoms with Gasteiger partial charge in [-0.25, -0.2) is 0 Å². The third-order valence-electron chi connectivity index (χ3n) is 4.98. The molecule has 6 heteroatoms. The van der Waals surface area contributed by atoms with E-state index in [9.17, 15) is 9.59 Å². The van der Waals surface area contributed by atoms with Gasteiger partial charge in [-0.2, -0.15) is 5.10 Å². The molecular weight excluding hydrogens is 316 g/mol. The molecule has 1 unspecified atom stereocenters. The quantitative estimate of drug-likeness (QED) is 0.856. The summed E-state index contributed by atoms with van der Waals surface area (Å²) in [6, 6.07) is -0.0598. The number of rotatable bonds is 5. The minimum atomic E-state index is -0.0598. The van der Waals surface area contributed by atoms with E-state index in [-0.39, 0.29) is 23.3 Å². The van der Waals surface area contributed by atoms with Crippen LogP contribution in [0.2, 0.25) is 0 Å². The van der Waals surface area contributed by atoms with Crippen molar-refractivity contribution in [3.8, 4) is 0 Å². The molecule has 0 bridgehead atoms. The Morgan fingerprint density at radius 2 is 2.08 bits per heavy atom. The molecule has 1 saturated heterocycles. The fraction of sp³-hybridized carbons (Fsp3) is 0.737. The maximum atomic E-state index is 12.3. The van der Waals surface area contributed by atoms with Gasteiger partial charge in [0.2, 0.25) is 11.8 Å². The van der Waals surface area contributed by atoms with E-state index in [2.05, 4.69) is 36.3 Å². The number of carbonyl (C=O) groups is 2. The molecule has 0 radical (unpaired) electrons. The Kier molecular flexibility index (Phi) is 5.16. The third-order valence-corrected chi connectivity index (χ3v) is 4.98. The van der Waals surface area contributed by atoms with Crippen molar-refractivity contribution in [2.24, 2.45) is 5.41 Å². The lowest BCUT2D eigenvalue weighted by atomic mass is 9.94. The molecule has 3 rings (SSSR count). The second kappa shape index (κ2) is 7.18. The highest BCUT2D eigenvalue weighted by Crippen LogP contribution is 2.23. The van der Waals surface area contributed by atoms with Crippen LogP contribution in [0.15, 0.2) is 0 Å². The Hall–Kier alpha value is -1.85. The van der Waals surface area contributed by atoms with Crippen LogP contribution in [-0.2, 0) is 28.9 Å². The Morgan fingerprint density at radius 1 is 1.32 bits per heavy atom. The first kappa shape index (κ1) is 18.0. The highest BCUT2D eigenvalue weighted by molar-refractivity contribution is 5.82. The van der Waals surface area contributed by atoms with Crippen molar-refractivity contribution in [1.82, 2.24) is 20.4 Å². The molecule has 1 aromatic heterocycles. The first-order chi connectivity index (χ1) is 11.8. The zero-order chi connectivity index (χ0) is 18.0. The van der Waals surface area contributed by atoms with Gasteiger partial charge in [0.05, 0.1) is 11.7 Å². The lowest BCUT2D eigenvalue weighted by molar-refractivity contribution is -0.128. The first-order valence-electron chi connectivity index (χ1n) is 9.44. The molecule has 138 valence electrons. The van der Waals surface area contributed by atoms with Gasteiger partial charge in [0.1, 0.15) is 0 Å². The molecule has 1 aliphatic carbocycles. The summed E-state index contributed by atoms with van der Waals surface area (Å²) in [6.45, 7) is 7.72. The number of fused-ring (bicyclic) bond motifs is 1. The van der Waals surface area contributed by atoms with Crippen molar-refractivity contribution in [2.45, 2.75) is 71.8 Å². The van der Waals surface area contributed by atoms with Crippen LogP contribution in [-0.4, -0.2) is 46.0 Å². The minimum Gasteiger partial charge on any atom is -0.351 e. The van der Waals surface area contributed by atoms with Crippen LogP contribution in [0.4, 0.5) is 0 Å². The number of likely N-dealkylation sites (tertiary alicyclic amines) is 1. The maximum absolute atomic E-state index is 12.3. The molecule has 1 aromatic rings. The molecule has 2 aliphatic rings. The van der Waals surface area contributed by atoms with E-state index in [4.69, 9.17) is 0 Å². The maximum Gasteiger partial charge on any atom is 0.224 e. The van der Waals surface area contributed by atoms with Gasteiger partial charge in [-0.05, 0) is 36.7 Å². The Bertz CT molecular complexity index is 644. The predicted molar refractivity (Wildman–Crippen MR) is 96.1 cm³/mol. The summed E-state index contributed by atoms with van der Waals surface area (Å²) in [5.74, 6) is 0.157. The minimum absolute atomic E-state index is 0.0166. The van der Waals surface area contributed by atoms with Crippen LogP contribution in [0.1, 0.15) is 63.4 Å². The predicted octanol–water partition coefficient (Wildman–Crippen LogP) is 1.98. The smallest absolute Gasteiger partial charge is 0.224 e. The van der Waals surface area contributed by atoms with Crippen molar-refractivity contribution in [2.75, 3.05) is 13.1 Å². The molecule has 6 nitrogen and oxygen atoms in total. The highest BCUT2D eigenvalue weighted by Gasteiger charge is 2.32. The Labute approximate surface area is 149 Å². The summed E-state index contributed by atoms with van der Waals surface area (Å²) < 4.78 is 0. The molecule has 1 atom stereocenters. The Balaban J connectivity index is 1.47. The van der Waals surface area contributed by atoms with E-state index >= 15 is 0 Å². The average Bonchev–Trinajstić information content (AvgIpc) is 3.08. The molecule has 2 N–H and O–H groups in total. The number of aromatic nitrogens is 2. The van der Waals surface area contributed by atoms with Gasteiger partial charge < -0.3 is 10.2 Å². The van der Waals surface area contributed by atoms with E-state index in [0.29, 0.717) is 25.8 Å². The zero-order valence-electron chi connectivity index (χ0n) is 15.7. The number of aromatic amines is 1. The standard InChI is InChI=1S/C19H30N4O2/c1-19(2,3)12-23-11-13(10-18(23)25)20-17(24)9-8-16-14-6-4-5-7-15(14)21-22-16/h13H,4-12H2,1-3H3,(H,20,24)(H,21,22). The monoisotopic (exact) mass is 346 g/mol. The fourth-order valence-electron chi connectivity index (χ4n) is 3.88. The number of nitrogens with zero attached hydrogens (tertiary/aromatic N) is 2. The van der Waals surface area contributed by atoms with E-state index in [1.54, 1.807) is 0 Å². The molecule has 0 aromatic carbocycles. The lowest BCUT2D eigenvalue weighted by Gasteiger charge is -2.26. The fourth-order valence-corrected chi connectivity index (χ4v) is 3.88. The van der Waals surface area contributed by atoms with E-state index in [0.717, 1.165) is 25.1 Å². The van der Waals surface area contributed by atoms with Crippen LogP contribution in [0, 0.1) is 5.41 Å². The summed E-state index contributed by atoms with van der Waals surface area (Å²) in [7, 11) is 0. The van der Waals surface area contributed by atoms with Crippen molar-refractivity contribution >= 4 is 11.8 Å². The Morgan fingerprint density at radius 3 is 2.84 bits per heavy atom. The number of H-pyrrole nitrogens is 1. The van der Waals surface area contributed by atoms with Gasteiger partial charge in [0.15, 0.2) is 0 Å². The van der Waals surface area contributed by atoms with Gasteiger partial charge in [-0.15, -0.1) is 0 Å². The highest BCUT2D eigenvalue weighted by atomic mass is 16.2. The van der Waals surface area contributed by atoms with Gasteiger partial charge >= 0.3 is 0 Å². The normalized spacial score (nSPS) is 20.7. The van der Waals surface area contributed by atoms with Gasteiger partial charge in [0.25, 0.3) is 0 Å². The number of nitrogens with one attached hydrogen (secondary N) is 2. The summed E-state index contributed by atoms with van der Waals surface area (Å²) in [5, 5.41) is 10.6. The number of hydrogen-bond acceptors (Lipinski definition) is 3. The van der Waals surface area contributed by atoms with Crippen molar-refractivity contribution in [3.05, 3.63) is 17.0 Å². The van der Waals surface area contributed by atoms with Gasteiger partial charge in [0, 0.05) is 38.0 Å². The molecule has 1 aliphatic heterocycles. The van der Waals surface area contributed by atoms with Crippen molar-refractivity contribution in [1.29, 1.82) is 0 Å². The van der Waals surface area contributed by atoms with Crippen LogP contribution in [0.25, 0.3) is 0 Å². The van der Waals surface area contributed by atoms with E-state index in [1.807, 2.05) is 4.90 Å². The topological polar surface area (TPSA) is 78.1 Å². The summed E-state index contributed by atoms with van der Waals surface area (Å²) in [6.07, 6.45) is 6.09. The third kappa shape index (κ3) is 4.61. The summed E-state index contributed by atoms with van der Waals surface area (Å²) in [4.78, 5) is 26.3. The van der Waals surface area contributed by atoms with Crippen LogP contribution < -0.4 is 5.32 Å². The largest absolute Gasteiger partial charge is 0.351 e. The second-order valence-corrected chi connectivity index (χ2v) is 8.64. The van der Waals surface area contributed by atoms with E-state index in [1.165, 1.54) is 24.1 Å². The summed E-state index contributed by atoms with van der Waals surface area (Å²) in [5.41, 5.74) is 3.70. The molecule has 2 heterocycles. The average molecular weight is 346 g/mol. The van der Waals surface area contributed by atoms with Crippen molar-refractivity contribution < 1.29 is 9.59 Å². The second-order valence-electron chi connectivity index (χ2n) is 8.64. The number of hydrogen-bond donors (Lipinski definition) is 2. The molecule has 1 fully saturated rings. The molecule has 0 saturated carbocycles. The molecule has 0 spiro atoms. The first-order valence-corrected chi connectivity index (χ1v) is 9.44. The van der Waals surface area contributed by atoms with E-state index < -0.39 is 0 Å². The number of amides is 2. The lowest BCUT2D eigenvalue weighted by Crippen LogP contribution is -2.39. The number of aryl methyl sites for hydroxylation is 2. The van der Waals surface area contributed by atoms with Crippen LogP contribution in [0.3, 0.4) is 0 Å². The number of carbonyl (C=O) groups excluding carboxylic acids is 2. The van der Waals surface area contributed by atoms with Gasteiger partial charge in [-0.1, -0.05) is 20.8 Å². The zero-order valence-corrected chi connectivity index (χ0v) is 15.7. The molecular formula is C19H30N4O2. The van der Waals surface area contributed by atoms with Crippen LogP contribution in [0.5, 0.6) is 0 Å². The molecule has 25 heavy (non-hydrogen) atoms. The SMILES string of the molecule is CC(C)(C)CN1CC(NC(=O)CCc2n[nH]c3c2CCCC3)CC1=O. The molecule has 2 amide bonds. The van der Waals surface area contributed by atoms with Crippen LogP contribution >= 0.6 is 0 Å². The summed E-state index contributed by atoms with van der Waals surface area (Å²) >= 11 is 0. The van der Waals surface area contributed by atoms with Gasteiger partial charge in [-0.3, -0.25) is 14.7 Å².